The van der Waals surface area contributed by atoms with Gasteiger partial charge in [-0.3, -0.25) is 9.69 Å². The highest BCUT2D eigenvalue weighted by atomic mass is 32.2. The molecule has 8 heteroatoms. The summed E-state index contributed by atoms with van der Waals surface area (Å²) in [4.78, 5) is 15.1. The molecule has 0 bridgehead atoms. The summed E-state index contributed by atoms with van der Waals surface area (Å²) in [6.45, 7) is 7.85. The molecule has 1 aliphatic heterocycles. The van der Waals surface area contributed by atoms with Crippen LogP contribution < -0.4 is 10.0 Å². The molecule has 2 N–H and O–H groups in total. The Labute approximate surface area is 161 Å². The molecule has 0 aromatic heterocycles. The minimum Gasteiger partial charge on any atom is -0.379 e. The molecule has 1 amide bonds. The fourth-order valence-electron chi connectivity index (χ4n) is 3.23. The van der Waals surface area contributed by atoms with Crippen LogP contribution in [0.25, 0.3) is 0 Å². The maximum absolute atomic E-state index is 12.6. The van der Waals surface area contributed by atoms with Crippen molar-refractivity contribution < 1.29 is 17.9 Å². The third-order valence-electron chi connectivity index (χ3n) is 5.47. The quantitative estimate of drug-likeness (QED) is 0.694. The predicted molar refractivity (Wildman–Crippen MR) is 103 cm³/mol. The Morgan fingerprint density at radius 1 is 1.30 bits per heavy atom. The Morgan fingerprint density at radius 2 is 2.00 bits per heavy atom. The highest BCUT2D eigenvalue weighted by molar-refractivity contribution is 7.89. The van der Waals surface area contributed by atoms with E-state index in [-0.39, 0.29) is 22.4 Å². The number of nitrogens with one attached hydrogen (secondary N) is 2. The first-order valence-corrected chi connectivity index (χ1v) is 11.1. The molecule has 1 saturated heterocycles. The van der Waals surface area contributed by atoms with Crippen molar-refractivity contribution in [1.29, 1.82) is 0 Å². The van der Waals surface area contributed by atoms with Crippen LogP contribution in [-0.4, -0.2) is 63.7 Å². The zero-order valence-electron chi connectivity index (χ0n) is 16.0. The summed E-state index contributed by atoms with van der Waals surface area (Å²) in [7, 11) is -3.57. The lowest BCUT2D eigenvalue weighted by Gasteiger charge is -2.43. The predicted octanol–water partition coefficient (Wildman–Crippen LogP) is 1.36. The van der Waals surface area contributed by atoms with Crippen LogP contribution in [0.2, 0.25) is 0 Å². The van der Waals surface area contributed by atoms with Gasteiger partial charge < -0.3 is 10.1 Å². The van der Waals surface area contributed by atoms with Crippen molar-refractivity contribution in [2.24, 2.45) is 0 Å². The molecule has 0 spiro atoms. The van der Waals surface area contributed by atoms with E-state index >= 15 is 0 Å². The zero-order chi connectivity index (χ0) is 19.5. The number of sulfonamides is 1. The SMILES string of the molecule is CCC(C)(CNC(=O)c1cccc(S(=O)(=O)NC2CC2)c1)N1CCOCC1. The number of morpholine rings is 1. The Kier molecular flexibility index (Phi) is 6.20. The van der Waals surface area contributed by atoms with Crippen molar-refractivity contribution in [3.63, 3.8) is 0 Å². The number of carbonyl (C=O) groups excluding carboxylic acids is 1. The Balaban J connectivity index is 1.66. The van der Waals surface area contributed by atoms with Gasteiger partial charge in [0.15, 0.2) is 0 Å². The van der Waals surface area contributed by atoms with Crippen molar-refractivity contribution in [1.82, 2.24) is 14.9 Å². The van der Waals surface area contributed by atoms with Crippen molar-refractivity contribution in [2.75, 3.05) is 32.8 Å². The molecule has 1 saturated carbocycles. The molecule has 2 aliphatic rings. The van der Waals surface area contributed by atoms with E-state index in [0.717, 1.165) is 32.4 Å². The van der Waals surface area contributed by atoms with Gasteiger partial charge >= 0.3 is 0 Å². The molecule has 2 fully saturated rings. The van der Waals surface area contributed by atoms with E-state index in [1.54, 1.807) is 12.1 Å². The van der Waals surface area contributed by atoms with E-state index in [2.05, 4.69) is 28.8 Å². The number of hydrogen-bond acceptors (Lipinski definition) is 5. The summed E-state index contributed by atoms with van der Waals surface area (Å²) >= 11 is 0. The molecule has 1 aromatic rings. The molecule has 1 heterocycles. The second-order valence-corrected chi connectivity index (χ2v) is 9.27. The van der Waals surface area contributed by atoms with E-state index in [9.17, 15) is 13.2 Å². The third-order valence-corrected chi connectivity index (χ3v) is 6.99. The van der Waals surface area contributed by atoms with E-state index < -0.39 is 10.0 Å². The second-order valence-electron chi connectivity index (χ2n) is 7.56. The van der Waals surface area contributed by atoms with Gasteiger partial charge in [0.25, 0.3) is 5.91 Å². The average Bonchev–Trinajstić information content (AvgIpc) is 3.50. The van der Waals surface area contributed by atoms with Crippen molar-refractivity contribution >= 4 is 15.9 Å². The van der Waals surface area contributed by atoms with Gasteiger partial charge in [0.05, 0.1) is 18.1 Å². The molecule has 27 heavy (non-hydrogen) atoms. The van der Waals surface area contributed by atoms with Gasteiger partial charge in [0.1, 0.15) is 0 Å². The Morgan fingerprint density at radius 3 is 2.63 bits per heavy atom. The molecular weight excluding hydrogens is 366 g/mol. The van der Waals surface area contributed by atoms with Gasteiger partial charge in [-0.2, -0.15) is 0 Å². The molecule has 7 nitrogen and oxygen atoms in total. The average molecular weight is 396 g/mol. The second kappa shape index (κ2) is 8.26. The van der Waals surface area contributed by atoms with Gasteiger partial charge in [-0.15, -0.1) is 0 Å². The minimum atomic E-state index is -3.57. The first-order chi connectivity index (χ1) is 12.8. The first kappa shape index (κ1) is 20.3. The van der Waals surface area contributed by atoms with Crippen molar-refractivity contribution in [3.05, 3.63) is 29.8 Å². The van der Waals surface area contributed by atoms with Crippen LogP contribution in [0.4, 0.5) is 0 Å². The van der Waals surface area contributed by atoms with Crippen LogP contribution in [0, 0.1) is 0 Å². The van der Waals surface area contributed by atoms with Gasteiger partial charge in [0, 0.05) is 36.8 Å². The monoisotopic (exact) mass is 395 g/mol. The molecule has 150 valence electrons. The largest absolute Gasteiger partial charge is 0.379 e. The molecule has 1 aliphatic carbocycles. The lowest BCUT2D eigenvalue weighted by atomic mass is 9.95. The van der Waals surface area contributed by atoms with Crippen LogP contribution in [0.15, 0.2) is 29.2 Å². The number of carbonyl (C=O) groups is 1. The van der Waals surface area contributed by atoms with Gasteiger partial charge in [-0.25, -0.2) is 13.1 Å². The fraction of sp³-hybridized carbons (Fsp3) is 0.632. The summed E-state index contributed by atoms with van der Waals surface area (Å²) in [5.41, 5.74) is 0.200. The third kappa shape index (κ3) is 5.07. The molecule has 1 unspecified atom stereocenters. The van der Waals surface area contributed by atoms with E-state index in [1.165, 1.54) is 12.1 Å². The first-order valence-electron chi connectivity index (χ1n) is 9.57. The van der Waals surface area contributed by atoms with Crippen LogP contribution in [0.5, 0.6) is 0 Å². The fourth-order valence-corrected chi connectivity index (χ4v) is 4.58. The van der Waals surface area contributed by atoms with Gasteiger partial charge in [-0.05, 0) is 44.4 Å². The van der Waals surface area contributed by atoms with Crippen LogP contribution in [0.3, 0.4) is 0 Å². The number of benzene rings is 1. The Hall–Kier alpha value is -1.48. The number of nitrogens with zero attached hydrogens (tertiary/aromatic N) is 1. The van der Waals surface area contributed by atoms with Crippen LogP contribution in [0.1, 0.15) is 43.5 Å². The number of rotatable bonds is 8. The lowest BCUT2D eigenvalue weighted by molar-refractivity contribution is -0.0169. The van der Waals surface area contributed by atoms with Gasteiger partial charge in [0.2, 0.25) is 10.0 Å². The van der Waals surface area contributed by atoms with E-state index in [0.29, 0.717) is 25.3 Å². The summed E-state index contributed by atoms with van der Waals surface area (Å²) in [6, 6.07) is 6.25. The van der Waals surface area contributed by atoms with Crippen molar-refractivity contribution in [3.8, 4) is 0 Å². The molecule has 3 rings (SSSR count). The molecule has 1 aromatic carbocycles. The van der Waals surface area contributed by atoms with E-state index in [1.807, 2.05) is 0 Å². The maximum Gasteiger partial charge on any atom is 0.251 e. The highest BCUT2D eigenvalue weighted by Gasteiger charge is 2.32. The summed E-state index contributed by atoms with van der Waals surface area (Å²) in [6.07, 6.45) is 2.64. The Bertz CT molecular complexity index is 773. The normalized spacial score (nSPS) is 20.8. The smallest absolute Gasteiger partial charge is 0.251 e. The zero-order valence-corrected chi connectivity index (χ0v) is 16.8. The number of ether oxygens (including phenoxy) is 1. The summed E-state index contributed by atoms with van der Waals surface area (Å²) < 4.78 is 32.8. The van der Waals surface area contributed by atoms with Crippen LogP contribution in [-0.2, 0) is 14.8 Å². The minimum absolute atomic E-state index is 0.0336. The summed E-state index contributed by atoms with van der Waals surface area (Å²) in [5, 5.41) is 2.98. The van der Waals surface area contributed by atoms with E-state index in [4.69, 9.17) is 4.74 Å². The molecular formula is C19H29N3O4S. The number of hydrogen-bond donors (Lipinski definition) is 2. The standard InChI is InChI=1S/C19H29N3O4S/c1-3-19(2,22-9-11-26-12-10-22)14-20-18(23)15-5-4-6-17(13-15)27(24,25)21-16-7-8-16/h4-6,13,16,21H,3,7-12,14H2,1-2H3,(H,20,23). The highest BCUT2D eigenvalue weighted by Crippen LogP contribution is 2.23. The topological polar surface area (TPSA) is 87.7 Å². The van der Waals surface area contributed by atoms with Crippen molar-refractivity contribution in [2.45, 2.75) is 49.6 Å². The lowest BCUT2D eigenvalue weighted by Crippen LogP contribution is -2.56. The molecule has 1 atom stereocenters. The molecule has 0 radical (unpaired) electrons. The van der Waals surface area contributed by atoms with Gasteiger partial charge in [-0.1, -0.05) is 13.0 Å². The van der Waals surface area contributed by atoms with Crippen LogP contribution >= 0.6 is 0 Å². The number of amides is 1. The maximum atomic E-state index is 12.6. The summed E-state index contributed by atoms with van der Waals surface area (Å²) in [5.74, 6) is -0.258.